The van der Waals surface area contributed by atoms with E-state index in [2.05, 4.69) is 25.2 Å². The van der Waals surface area contributed by atoms with E-state index in [1.807, 2.05) is 13.8 Å². The number of hydrogen-bond donors (Lipinski definition) is 3. The van der Waals surface area contributed by atoms with Crippen LogP contribution in [-0.2, 0) is 28.7 Å². The van der Waals surface area contributed by atoms with Gasteiger partial charge in [0.25, 0.3) is 0 Å². The van der Waals surface area contributed by atoms with Crippen LogP contribution in [0.3, 0.4) is 0 Å². The van der Waals surface area contributed by atoms with Crippen molar-refractivity contribution in [2.24, 2.45) is 0 Å². The van der Waals surface area contributed by atoms with Crippen molar-refractivity contribution in [2.45, 2.75) is 53.6 Å². The number of phenolic OH excluding ortho intramolecular Hbond substituents is 1. The minimum Gasteiger partial charge on any atom is -0.507 e. The van der Waals surface area contributed by atoms with Crippen LogP contribution in [0.25, 0.3) is 0 Å². The van der Waals surface area contributed by atoms with Gasteiger partial charge in [0.05, 0.1) is 6.61 Å². The molecule has 1 atom stereocenters. The molecule has 0 saturated carbocycles. The van der Waals surface area contributed by atoms with Crippen molar-refractivity contribution in [1.82, 2.24) is 5.32 Å². The summed E-state index contributed by atoms with van der Waals surface area (Å²) in [6, 6.07) is 0. The van der Waals surface area contributed by atoms with E-state index in [1.54, 1.807) is 0 Å². The van der Waals surface area contributed by atoms with Gasteiger partial charge in [-0.15, -0.1) is 0 Å². The van der Waals surface area contributed by atoms with Crippen molar-refractivity contribution in [3.05, 3.63) is 39.5 Å². The van der Waals surface area contributed by atoms with Crippen LogP contribution in [0.1, 0.15) is 59.8 Å². The van der Waals surface area contributed by atoms with E-state index in [-0.39, 0.29) is 12.4 Å². The molecule has 0 aromatic heterocycles. The van der Waals surface area contributed by atoms with Gasteiger partial charge in [0.2, 0.25) is 0 Å². The maximum atomic E-state index is 12.0. The fourth-order valence-corrected chi connectivity index (χ4v) is 4.34. The second kappa shape index (κ2) is 10.9. The number of carbonyl (C=O) groups is 1. The first-order valence-corrected chi connectivity index (χ1v) is 11.3. The van der Waals surface area contributed by atoms with E-state index in [1.165, 1.54) is 5.57 Å². The molecule has 28 heavy (non-hydrogen) atoms. The van der Waals surface area contributed by atoms with Gasteiger partial charge in [-0.25, -0.2) is 4.79 Å². The summed E-state index contributed by atoms with van der Waals surface area (Å²) in [6.45, 7) is 10.2. The van der Waals surface area contributed by atoms with Crippen molar-refractivity contribution in [3.63, 3.8) is 0 Å². The molecule has 1 unspecified atom stereocenters. The number of hydrogen-bond acceptors (Lipinski definition) is 6. The molecule has 0 bridgehead atoms. The topological polar surface area (TPSA) is 88.0 Å². The summed E-state index contributed by atoms with van der Waals surface area (Å²) in [4.78, 5) is 21.7. The molecule has 7 heteroatoms. The quantitative estimate of drug-likeness (QED) is 0.223. The predicted octanol–water partition coefficient (Wildman–Crippen LogP) is 3.74. The lowest BCUT2D eigenvalue weighted by molar-refractivity contribution is 0.0533. The fourth-order valence-electron chi connectivity index (χ4n) is 3.57. The lowest BCUT2D eigenvalue weighted by Crippen LogP contribution is -2.20. The van der Waals surface area contributed by atoms with E-state index >= 15 is 0 Å². The number of allylic oxidation sites excluding steroid dienone is 1. The van der Waals surface area contributed by atoms with E-state index in [0.29, 0.717) is 31.3 Å². The molecule has 0 amide bonds. The summed E-state index contributed by atoms with van der Waals surface area (Å²) in [5, 5.41) is 14.1. The van der Waals surface area contributed by atoms with Gasteiger partial charge in [-0.3, -0.25) is 0 Å². The zero-order valence-corrected chi connectivity index (χ0v) is 18.2. The van der Waals surface area contributed by atoms with Crippen LogP contribution >= 0.6 is 8.38 Å². The summed E-state index contributed by atoms with van der Waals surface area (Å²) < 4.78 is 10.3. The summed E-state index contributed by atoms with van der Waals surface area (Å²) in [6.07, 6.45) is 4.99. The Balaban J connectivity index is 2.10. The number of fused-ring (bicyclic) bond motifs is 1. The smallest absolute Gasteiger partial charge is 0.342 e. The van der Waals surface area contributed by atoms with Gasteiger partial charge >= 0.3 is 5.97 Å². The van der Waals surface area contributed by atoms with Crippen molar-refractivity contribution >= 4 is 14.3 Å². The van der Waals surface area contributed by atoms with Crippen LogP contribution < -0.4 is 5.32 Å². The number of phenols is 1. The lowest BCUT2D eigenvalue weighted by Gasteiger charge is -2.16. The predicted molar refractivity (Wildman–Crippen MR) is 112 cm³/mol. The monoisotopic (exact) mass is 409 g/mol. The summed E-state index contributed by atoms with van der Waals surface area (Å²) in [5.74, 6) is -0.363. The van der Waals surface area contributed by atoms with Gasteiger partial charge < -0.3 is 24.6 Å². The number of esters is 1. The lowest BCUT2D eigenvalue weighted by atomic mass is 9.89. The molecular weight excluding hydrogens is 377 g/mol. The number of ether oxygens (including phenoxy) is 1. The number of aromatic hydroxyl groups is 1. The molecule has 0 saturated heterocycles. The first kappa shape index (κ1) is 22.8. The standard InChI is InChI=1S/C21H32NO5P/c1-5-15(12-22-10-11-28(25)27-7-3)8-9-17-16(6-2)14(4)18-13-26-21(24)19(18)20(17)23/h8,22-23,25H,5-7,9-13H2,1-4H3/b15-8+. The highest BCUT2D eigenvalue weighted by molar-refractivity contribution is 7.46. The highest BCUT2D eigenvalue weighted by Gasteiger charge is 2.30. The van der Waals surface area contributed by atoms with Gasteiger partial charge in [0, 0.05) is 30.4 Å². The van der Waals surface area contributed by atoms with Crippen LogP contribution in [0.5, 0.6) is 5.75 Å². The Morgan fingerprint density at radius 3 is 2.71 bits per heavy atom. The number of rotatable bonds is 11. The van der Waals surface area contributed by atoms with Crippen LogP contribution in [-0.4, -0.2) is 41.8 Å². The van der Waals surface area contributed by atoms with Crippen LogP contribution in [0.15, 0.2) is 11.6 Å². The summed E-state index contributed by atoms with van der Waals surface area (Å²) in [7, 11) is -1.34. The third-order valence-electron chi connectivity index (χ3n) is 5.16. The second-order valence-electron chi connectivity index (χ2n) is 6.80. The molecule has 0 spiro atoms. The van der Waals surface area contributed by atoms with Crippen molar-refractivity contribution < 1.29 is 24.1 Å². The Morgan fingerprint density at radius 1 is 1.32 bits per heavy atom. The third kappa shape index (κ3) is 5.32. The van der Waals surface area contributed by atoms with E-state index < -0.39 is 14.3 Å². The first-order valence-electron chi connectivity index (χ1n) is 9.95. The molecular formula is C21H32NO5P. The molecule has 6 nitrogen and oxygen atoms in total. The molecule has 0 radical (unpaired) electrons. The normalized spacial score (nSPS) is 14.9. The molecule has 0 fully saturated rings. The Bertz CT molecular complexity index is 732. The zero-order valence-electron chi connectivity index (χ0n) is 17.3. The Morgan fingerprint density at radius 2 is 2.07 bits per heavy atom. The molecule has 1 aliphatic heterocycles. The van der Waals surface area contributed by atoms with Gasteiger partial charge in [-0.1, -0.05) is 25.5 Å². The zero-order chi connectivity index (χ0) is 20.7. The molecule has 1 heterocycles. The molecule has 0 aliphatic carbocycles. The highest BCUT2D eigenvalue weighted by Crippen LogP contribution is 2.38. The van der Waals surface area contributed by atoms with E-state index in [4.69, 9.17) is 9.26 Å². The maximum absolute atomic E-state index is 12.0. The number of cyclic esters (lactones) is 1. The van der Waals surface area contributed by atoms with Crippen LogP contribution in [0, 0.1) is 6.92 Å². The fraction of sp³-hybridized carbons (Fsp3) is 0.571. The molecule has 3 N–H and O–H groups in total. The minimum atomic E-state index is -1.34. The van der Waals surface area contributed by atoms with Gasteiger partial charge in [0.1, 0.15) is 17.9 Å². The van der Waals surface area contributed by atoms with Crippen molar-refractivity contribution in [1.29, 1.82) is 0 Å². The van der Waals surface area contributed by atoms with Crippen molar-refractivity contribution in [3.8, 4) is 5.75 Å². The molecule has 1 aromatic carbocycles. The Labute approximate surface area is 168 Å². The average molecular weight is 409 g/mol. The van der Waals surface area contributed by atoms with Gasteiger partial charge in [0.15, 0.2) is 8.38 Å². The second-order valence-corrected chi connectivity index (χ2v) is 8.21. The van der Waals surface area contributed by atoms with E-state index in [9.17, 15) is 14.8 Å². The summed E-state index contributed by atoms with van der Waals surface area (Å²) >= 11 is 0. The first-order chi connectivity index (χ1) is 13.4. The molecule has 1 aromatic rings. The van der Waals surface area contributed by atoms with Gasteiger partial charge in [-0.05, 0) is 44.2 Å². The largest absolute Gasteiger partial charge is 0.507 e. The number of benzene rings is 1. The third-order valence-corrected chi connectivity index (χ3v) is 6.32. The highest BCUT2D eigenvalue weighted by atomic mass is 31.2. The van der Waals surface area contributed by atoms with Crippen molar-refractivity contribution in [2.75, 3.05) is 25.9 Å². The minimum absolute atomic E-state index is 0.0715. The summed E-state index contributed by atoms with van der Waals surface area (Å²) in [5.41, 5.74) is 5.34. The maximum Gasteiger partial charge on any atom is 0.342 e. The Kier molecular flexibility index (Phi) is 8.90. The van der Waals surface area contributed by atoms with E-state index in [0.717, 1.165) is 41.6 Å². The molecule has 1 aliphatic rings. The van der Waals surface area contributed by atoms with Gasteiger partial charge in [-0.2, -0.15) is 0 Å². The molecule has 2 rings (SSSR count). The van der Waals surface area contributed by atoms with Crippen LogP contribution in [0.2, 0.25) is 0 Å². The number of carbonyl (C=O) groups excluding carboxylic acids is 1. The molecule has 156 valence electrons. The number of nitrogens with one attached hydrogen (secondary N) is 1. The average Bonchev–Trinajstić information content (AvgIpc) is 3.07. The Hall–Kier alpha value is -1.46. The van der Waals surface area contributed by atoms with Crippen LogP contribution in [0.4, 0.5) is 0 Å². The SMILES string of the molecule is CCOP(O)CCNC/C(=C/Cc1c(O)c2c(c(C)c1CC)COC2=O)CC.